The summed E-state index contributed by atoms with van der Waals surface area (Å²) in [6, 6.07) is 2.84. The van der Waals surface area contributed by atoms with Gasteiger partial charge in [0.25, 0.3) is 0 Å². The third kappa shape index (κ3) is 2.52. The normalized spacial score (nSPS) is 18.0. The van der Waals surface area contributed by atoms with Gasteiger partial charge in [0, 0.05) is 19.2 Å². The molecule has 2 rings (SSSR count). The Hall–Kier alpha value is -0.990. The first-order valence-corrected chi connectivity index (χ1v) is 6.09. The molecule has 1 aliphatic rings. The lowest BCUT2D eigenvalue weighted by Gasteiger charge is -2.23. The molecule has 1 saturated carbocycles. The highest BCUT2D eigenvalue weighted by atomic mass is 15.3. The second kappa shape index (κ2) is 4.69. The fourth-order valence-electron chi connectivity index (χ4n) is 2.29. The van der Waals surface area contributed by atoms with E-state index in [4.69, 9.17) is 0 Å². The Labute approximate surface area is 91.9 Å². The molecule has 0 saturated heterocycles. The maximum Gasteiger partial charge on any atom is 0.124 e. The van der Waals surface area contributed by atoms with Gasteiger partial charge in [-0.05, 0) is 19.3 Å². The summed E-state index contributed by atoms with van der Waals surface area (Å²) in [5.74, 6) is 1.18. The van der Waals surface area contributed by atoms with E-state index in [1.54, 1.807) is 0 Å². The van der Waals surface area contributed by atoms with Crippen LogP contribution >= 0.6 is 0 Å². The van der Waals surface area contributed by atoms with Gasteiger partial charge >= 0.3 is 0 Å². The molecule has 0 atom stereocenters. The Bertz CT molecular complexity index is 311. The number of rotatable bonds is 3. The van der Waals surface area contributed by atoms with Crippen molar-refractivity contribution in [1.29, 1.82) is 0 Å². The van der Waals surface area contributed by atoms with Gasteiger partial charge in [0.15, 0.2) is 0 Å². The lowest BCUT2D eigenvalue weighted by atomic mass is 9.95. The van der Waals surface area contributed by atoms with Crippen LogP contribution in [0.15, 0.2) is 6.07 Å². The van der Waals surface area contributed by atoms with E-state index >= 15 is 0 Å². The summed E-state index contributed by atoms with van der Waals surface area (Å²) < 4.78 is 1.97. The Morgan fingerprint density at radius 1 is 1.40 bits per heavy atom. The highest BCUT2D eigenvalue weighted by molar-refractivity contribution is 5.38. The predicted molar refractivity (Wildman–Crippen MR) is 63.1 cm³/mol. The van der Waals surface area contributed by atoms with Crippen molar-refractivity contribution < 1.29 is 0 Å². The van der Waals surface area contributed by atoms with Crippen molar-refractivity contribution in [3.05, 3.63) is 11.8 Å². The molecule has 1 aliphatic carbocycles. The average Bonchev–Trinajstić information content (AvgIpc) is 2.61. The Morgan fingerprint density at radius 2 is 2.13 bits per heavy atom. The maximum absolute atomic E-state index is 4.45. The minimum Gasteiger partial charge on any atom is -0.368 e. The first kappa shape index (κ1) is 10.5. The van der Waals surface area contributed by atoms with Gasteiger partial charge in [-0.25, -0.2) is 0 Å². The van der Waals surface area contributed by atoms with E-state index < -0.39 is 0 Å². The van der Waals surface area contributed by atoms with E-state index in [0.717, 1.165) is 6.42 Å². The van der Waals surface area contributed by atoms with Gasteiger partial charge in [0.1, 0.15) is 5.82 Å². The maximum atomic E-state index is 4.45. The molecule has 0 spiro atoms. The molecule has 0 radical (unpaired) electrons. The van der Waals surface area contributed by atoms with Crippen molar-refractivity contribution in [1.82, 2.24) is 9.78 Å². The minimum atomic E-state index is 0.666. The summed E-state index contributed by atoms with van der Waals surface area (Å²) >= 11 is 0. The molecule has 0 aromatic carbocycles. The summed E-state index contributed by atoms with van der Waals surface area (Å²) in [4.78, 5) is 0. The Balaban J connectivity index is 1.99. The molecule has 0 amide bonds. The molecular formula is C12H21N3. The average molecular weight is 207 g/mol. The molecule has 1 aromatic rings. The van der Waals surface area contributed by atoms with Gasteiger partial charge in [-0.2, -0.15) is 5.10 Å². The minimum absolute atomic E-state index is 0.666. The van der Waals surface area contributed by atoms with Crippen molar-refractivity contribution in [2.75, 3.05) is 5.32 Å². The van der Waals surface area contributed by atoms with Gasteiger partial charge < -0.3 is 5.32 Å². The zero-order valence-corrected chi connectivity index (χ0v) is 9.79. The SMILES string of the molecule is CCc1cc(NC2CCCCC2)n(C)n1. The van der Waals surface area contributed by atoms with Crippen LogP contribution in [0.4, 0.5) is 5.82 Å². The van der Waals surface area contributed by atoms with Crippen LogP contribution in [0.1, 0.15) is 44.7 Å². The first-order chi connectivity index (χ1) is 7.29. The van der Waals surface area contributed by atoms with Crippen molar-refractivity contribution in [2.24, 2.45) is 7.05 Å². The van der Waals surface area contributed by atoms with Crippen molar-refractivity contribution in [3.63, 3.8) is 0 Å². The summed E-state index contributed by atoms with van der Waals surface area (Å²) in [6.07, 6.45) is 7.79. The van der Waals surface area contributed by atoms with Crippen LogP contribution in [0.25, 0.3) is 0 Å². The molecule has 1 aromatic heterocycles. The van der Waals surface area contributed by atoms with E-state index in [0.29, 0.717) is 6.04 Å². The number of nitrogens with one attached hydrogen (secondary N) is 1. The highest BCUT2D eigenvalue weighted by Crippen LogP contribution is 2.21. The zero-order chi connectivity index (χ0) is 10.7. The second-order valence-corrected chi connectivity index (χ2v) is 4.48. The van der Waals surface area contributed by atoms with Gasteiger partial charge in [-0.3, -0.25) is 4.68 Å². The van der Waals surface area contributed by atoms with Gasteiger partial charge in [0.2, 0.25) is 0 Å². The first-order valence-electron chi connectivity index (χ1n) is 6.09. The molecule has 1 heterocycles. The summed E-state index contributed by atoms with van der Waals surface area (Å²) in [5.41, 5.74) is 1.18. The Kier molecular flexibility index (Phi) is 3.29. The molecule has 15 heavy (non-hydrogen) atoms. The number of hydrogen-bond acceptors (Lipinski definition) is 2. The topological polar surface area (TPSA) is 29.9 Å². The van der Waals surface area contributed by atoms with Crippen molar-refractivity contribution >= 4 is 5.82 Å². The smallest absolute Gasteiger partial charge is 0.124 e. The number of hydrogen-bond donors (Lipinski definition) is 1. The molecular weight excluding hydrogens is 186 g/mol. The third-order valence-electron chi connectivity index (χ3n) is 3.25. The predicted octanol–water partition coefficient (Wildman–Crippen LogP) is 2.73. The molecule has 1 N–H and O–H groups in total. The third-order valence-corrected chi connectivity index (χ3v) is 3.25. The summed E-state index contributed by atoms with van der Waals surface area (Å²) in [5, 5.41) is 8.05. The van der Waals surface area contributed by atoms with Crippen molar-refractivity contribution in [2.45, 2.75) is 51.5 Å². The van der Waals surface area contributed by atoms with E-state index in [1.807, 2.05) is 11.7 Å². The van der Waals surface area contributed by atoms with Crippen LogP contribution in [0.3, 0.4) is 0 Å². The van der Waals surface area contributed by atoms with Crippen LogP contribution in [0.5, 0.6) is 0 Å². The van der Waals surface area contributed by atoms with Crippen LogP contribution in [-0.4, -0.2) is 15.8 Å². The van der Waals surface area contributed by atoms with Crippen LogP contribution < -0.4 is 5.32 Å². The summed E-state index contributed by atoms with van der Waals surface area (Å²) in [7, 11) is 2.02. The second-order valence-electron chi connectivity index (χ2n) is 4.48. The van der Waals surface area contributed by atoms with Crippen LogP contribution in [-0.2, 0) is 13.5 Å². The highest BCUT2D eigenvalue weighted by Gasteiger charge is 2.14. The standard InChI is InChI=1S/C12H21N3/c1-3-10-9-12(15(2)14-10)13-11-7-5-4-6-8-11/h9,11,13H,3-8H2,1-2H3. The fourth-order valence-corrected chi connectivity index (χ4v) is 2.29. The zero-order valence-electron chi connectivity index (χ0n) is 9.79. The van der Waals surface area contributed by atoms with Crippen LogP contribution in [0, 0.1) is 0 Å². The Morgan fingerprint density at radius 3 is 2.73 bits per heavy atom. The molecule has 0 unspecified atom stereocenters. The lowest BCUT2D eigenvalue weighted by molar-refractivity contribution is 0.460. The molecule has 84 valence electrons. The number of aryl methyl sites for hydroxylation is 2. The number of nitrogens with zero attached hydrogens (tertiary/aromatic N) is 2. The van der Waals surface area contributed by atoms with Gasteiger partial charge in [0.05, 0.1) is 5.69 Å². The fraction of sp³-hybridized carbons (Fsp3) is 0.750. The van der Waals surface area contributed by atoms with E-state index in [-0.39, 0.29) is 0 Å². The number of anilines is 1. The summed E-state index contributed by atoms with van der Waals surface area (Å²) in [6.45, 7) is 2.15. The quantitative estimate of drug-likeness (QED) is 0.826. The lowest BCUT2D eigenvalue weighted by Crippen LogP contribution is -2.23. The molecule has 0 bridgehead atoms. The largest absolute Gasteiger partial charge is 0.368 e. The monoisotopic (exact) mass is 207 g/mol. The van der Waals surface area contributed by atoms with E-state index in [2.05, 4.69) is 23.4 Å². The van der Waals surface area contributed by atoms with E-state index in [9.17, 15) is 0 Å². The molecule has 1 fully saturated rings. The number of aromatic nitrogens is 2. The molecule has 3 nitrogen and oxygen atoms in total. The van der Waals surface area contributed by atoms with E-state index in [1.165, 1.54) is 43.6 Å². The molecule has 3 heteroatoms. The van der Waals surface area contributed by atoms with Gasteiger partial charge in [-0.15, -0.1) is 0 Å². The van der Waals surface area contributed by atoms with Crippen molar-refractivity contribution in [3.8, 4) is 0 Å². The molecule has 0 aliphatic heterocycles. The van der Waals surface area contributed by atoms with Gasteiger partial charge in [-0.1, -0.05) is 26.2 Å². The van der Waals surface area contributed by atoms with Crippen LogP contribution in [0.2, 0.25) is 0 Å².